The summed E-state index contributed by atoms with van der Waals surface area (Å²) in [6.07, 6.45) is 14.5. The summed E-state index contributed by atoms with van der Waals surface area (Å²) in [5.41, 5.74) is 1.46. The minimum Gasteiger partial charge on any atom is -0.0810 e. The second-order valence-electron chi connectivity index (χ2n) is 2.56. The van der Waals surface area contributed by atoms with Crippen LogP contribution in [0.1, 0.15) is 26.2 Å². The Morgan fingerprint density at radius 1 is 1.50 bits per heavy atom. The Kier molecular flexibility index (Phi) is 3.01. The third-order valence-corrected chi connectivity index (χ3v) is 1.61. The van der Waals surface area contributed by atoms with Crippen LogP contribution in [0.4, 0.5) is 0 Å². The van der Waals surface area contributed by atoms with Crippen LogP contribution in [0.3, 0.4) is 0 Å². The molecule has 0 N–H and O–H groups in total. The molecule has 0 heterocycles. The molecule has 0 aliphatic heterocycles. The summed E-state index contributed by atoms with van der Waals surface area (Å²) < 4.78 is 0. The van der Waals surface area contributed by atoms with Gasteiger partial charge in [0.2, 0.25) is 0 Å². The first kappa shape index (κ1) is 7.33. The van der Waals surface area contributed by atoms with Gasteiger partial charge in [0, 0.05) is 0 Å². The molecule has 1 rings (SSSR count). The van der Waals surface area contributed by atoms with E-state index in [4.69, 9.17) is 0 Å². The largest absolute Gasteiger partial charge is 0.0810 e. The van der Waals surface area contributed by atoms with Crippen molar-refractivity contribution < 1.29 is 0 Å². The number of unbranched alkanes of at least 4 members (excludes halogenated alkanes) is 1. The third-order valence-electron chi connectivity index (χ3n) is 1.61. The van der Waals surface area contributed by atoms with Crippen molar-refractivity contribution in [3.05, 3.63) is 36.0 Å². The average molecular weight is 134 g/mol. The normalized spacial score (nSPS) is 20.3. The fraction of sp³-hybridized carbons (Fsp3) is 0.400. The van der Waals surface area contributed by atoms with Crippen LogP contribution >= 0.6 is 0 Å². The van der Waals surface area contributed by atoms with Gasteiger partial charge in [-0.3, -0.25) is 0 Å². The Labute approximate surface area is 62.9 Å². The summed E-state index contributed by atoms with van der Waals surface area (Å²) in [5, 5.41) is 0. The van der Waals surface area contributed by atoms with Gasteiger partial charge in [0.15, 0.2) is 0 Å². The zero-order chi connectivity index (χ0) is 7.23. The highest BCUT2D eigenvalue weighted by molar-refractivity contribution is 5.29. The molecule has 0 nitrogen and oxygen atoms in total. The van der Waals surface area contributed by atoms with E-state index in [1.54, 1.807) is 0 Å². The smallest absolute Gasteiger partial charge is 0.00975 e. The van der Waals surface area contributed by atoms with E-state index in [9.17, 15) is 0 Å². The summed E-state index contributed by atoms with van der Waals surface area (Å²) in [6.45, 7) is 2.21. The van der Waals surface area contributed by atoms with Crippen molar-refractivity contribution in [3.8, 4) is 0 Å². The van der Waals surface area contributed by atoms with E-state index < -0.39 is 0 Å². The molecule has 0 saturated carbocycles. The number of hydrogen-bond donors (Lipinski definition) is 0. The molecule has 10 heavy (non-hydrogen) atoms. The van der Waals surface area contributed by atoms with Crippen LogP contribution in [-0.2, 0) is 0 Å². The Morgan fingerprint density at radius 2 is 2.40 bits per heavy atom. The molecule has 1 aliphatic rings. The second-order valence-corrected chi connectivity index (χ2v) is 2.56. The molecule has 54 valence electrons. The standard InChI is InChI=1S/C10H14/c1-2-3-7-10-8-5-4-6-9-10/h4-8H,2-3,9H2,1H3/b10-7-. The fourth-order valence-electron chi connectivity index (χ4n) is 1.01. The highest BCUT2D eigenvalue weighted by atomic mass is 14.0. The zero-order valence-electron chi connectivity index (χ0n) is 6.51. The van der Waals surface area contributed by atoms with Gasteiger partial charge >= 0.3 is 0 Å². The average Bonchev–Trinajstić information content (AvgIpc) is 2.03. The molecule has 0 bridgehead atoms. The van der Waals surface area contributed by atoms with Gasteiger partial charge in [-0.1, -0.05) is 43.7 Å². The van der Waals surface area contributed by atoms with Gasteiger partial charge in [0.05, 0.1) is 0 Å². The van der Waals surface area contributed by atoms with Crippen molar-refractivity contribution >= 4 is 0 Å². The topological polar surface area (TPSA) is 0 Å². The van der Waals surface area contributed by atoms with Crippen LogP contribution in [0.2, 0.25) is 0 Å². The highest BCUT2D eigenvalue weighted by Crippen LogP contribution is 2.10. The van der Waals surface area contributed by atoms with Crippen LogP contribution in [0.5, 0.6) is 0 Å². The lowest BCUT2D eigenvalue weighted by Gasteiger charge is -2.00. The number of hydrogen-bond acceptors (Lipinski definition) is 0. The first-order valence-electron chi connectivity index (χ1n) is 3.95. The van der Waals surface area contributed by atoms with E-state index in [0.29, 0.717) is 0 Å². The molecule has 0 unspecified atom stereocenters. The Balaban J connectivity index is 2.42. The molecule has 0 aromatic carbocycles. The molecule has 0 spiro atoms. The molecule has 0 saturated heterocycles. The highest BCUT2D eigenvalue weighted by Gasteiger charge is 1.90. The molecular weight excluding hydrogens is 120 g/mol. The molecule has 1 aliphatic carbocycles. The van der Waals surface area contributed by atoms with Crippen molar-refractivity contribution in [3.63, 3.8) is 0 Å². The van der Waals surface area contributed by atoms with Gasteiger partial charge in [-0.05, 0) is 18.4 Å². The number of rotatable bonds is 2. The van der Waals surface area contributed by atoms with E-state index in [-0.39, 0.29) is 0 Å². The van der Waals surface area contributed by atoms with Crippen LogP contribution in [-0.4, -0.2) is 0 Å². The minimum absolute atomic E-state index is 1.12. The van der Waals surface area contributed by atoms with Crippen molar-refractivity contribution in [2.75, 3.05) is 0 Å². The summed E-state index contributed by atoms with van der Waals surface area (Å²) in [4.78, 5) is 0. The molecule has 0 amide bonds. The Hall–Kier alpha value is -0.780. The van der Waals surface area contributed by atoms with Crippen LogP contribution in [0.25, 0.3) is 0 Å². The SMILES string of the molecule is CCC/C=C1/C=CC=CC1. The van der Waals surface area contributed by atoms with Crippen LogP contribution in [0, 0.1) is 0 Å². The Morgan fingerprint density at radius 3 is 3.00 bits per heavy atom. The van der Waals surface area contributed by atoms with Gasteiger partial charge in [-0.25, -0.2) is 0 Å². The predicted octanol–water partition coefficient (Wildman–Crippen LogP) is 3.23. The predicted molar refractivity (Wildman–Crippen MR) is 45.9 cm³/mol. The third kappa shape index (κ3) is 2.22. The lowest BCUT2D eigenvalue weighted by Crippen LogP contribution is -1.79. The summed E-state index contributed by atoms with van der Waals surface area (Å²) >= 11 is 0. The first-order chi connectivity index (χ1) is 4.93. The fourth-order valence-corrected chi connectivity index (χ4v) is 1.01. The lowest BCUT2D eigenvalue weighted by molar-refractivity contribution is 0.947. The van der Waals surface area contributed by atoms with Gasteiger partial charge < -0.3 is 0 Å². The van der Waals surface area contributed by atoms with Crippen LogP contribution < -0.4 is 0 Å². The number of allylic oxidation sites excluding steroid dienone is 6. The second kappa shape index (κ2) is 4.10. The summed E-state index contributed by atoms with van der Waals surface area (Å²) in [7, 11) is 0. The maximum atomic E-state index is 2.32. The van der Waals surface area contributed by atoms with Gasteiger partial charge in [0.25, 0.3) is 0 Å². The maximum Gasteiger partial charge on any atom is -0.00975 e. The van der Waals surface area contributed by atoms with Crippen molar-refractivity contribution in [2.24, 2.45) is 0 Å². The van der Waals surface area contributed by atoms with E-state index in [1.165, 1.54) is 18.4 Å². The summed E-state index contributed by atoms with van der Waals surface area (Å²) in [6, 6.07) is 0. The molecule has 0 heteroatoms. The van der Waals surface area contributed by atoms with E-state index in [0.717, 1.165) is 6.42 Å². The van der Waals surface area contributed by atoms with E-state index in [1.807, 2.05) is 0 Å². The van der Waals surface area contributed by atoms with Crippen molar-refractivity contribution in [1.82, 2.24) is 0 Å². The molecule has 0 aromatic rings. The quantitative estimate of drug-likeness (QED) is 0.544. The molecular formula is C10H14. The zero-order valence-corrected chi connectivity index (χ0v) is 6.51. The van der Waals surface area contributed by atoms with E-state index in [2.05, 4.69) is 37.3 Å². The van der Waals surface area contributed by atoms with Crippen molar-refractivity contribution in [1.29, 1.82) is 0 Å². The lowest BCUT2D eigenvalue weighted by atomic mass is 10.1. The molecule has 0 atom stereocenters. The van der Waals surface area contributed by atoms with Gasteiger partial charge in [-0.2, -0.15) is 0 Å². The van der Waals surface area contributed by atoms with Gasteiger partial charge in [-0.15, -0.1) is 0 Å². The maximum absolute atomic E-state index is 2.32. The molecule has 0 radical (unpaired) electrons. The molecule has 0 aromatic heterocycles. The molecule has 0 fully saturated rings. The van der Waals surface area contributed by atoms with Crippen LogP contribution in [0.15, 0.2) is 36.0 Å². The summed E-state index contributed by atoms with van der Waals surface area (Å²) in [5.74, 6) is 0. The van der Waals surface area contributed by atoms with Crippen molar-refractivity contribution in [2.45, 2.75) is 26.2 Å². The monoisotopic (exact) mass is 134 g/mol. The minimum atomic E-state index is 1.12. The van der Waals surface area contributed by atoms with E-state index >= 15 is 0 Å². The Bertz CT molecular complexity index is 170. The first-order valence-corrected chi connectivity index (χ1v) is 3.95. The van der Waals surface area contributed by atoms with Gasteiger partial charge in [0.1, 0.15) is 0 Å².